The molecule has 0 saturated carbocycles. The van der Waals surface area contributed by atoms with E-state index >= 15 is 0 Å². The number of nitrogens with zero attached hydrogens (tertiary/aromatic N) is 1. The van der Waals surface area contributed by atoms with E-state index in [9.17, 15) is 4.79 Å². The van der Waals surface area contributed by atoms with Crippen molar-refractivity contribution in [2.24, 2.45) is 7.05 Å². The molecule has 94 valence electrons. The smallest absolute Gasteiger partial charge is 0.253 e. The summed E-state index contributed by atoms with van der Waals surface area (Å²) in [7, 11) is 3.51. The number of benzene rings is 1. The Bertz CT molecular complexity index is 546. The quantitative estimate of drug-likeness (QED) is 0.893. The fourth-order valence-electron chi connectivity index (χ4n) is 1.76. The standard InChI is InChI=1S/C14H16N2O2/c1-16-8-7-12(10-16)14(17)15-9-11-5-3-4-6-13(11)18-2/h3-8,10H,9H2,1-2H3,(H,15,17). The second kappa shape index (κ2) is 5.40. The number of nitrogens with one attached hydrogen (secondary N) is 1. The minimum Gasteiger partial charge on any atom is -0.496 e. The molecule has 1 N–H and O–H groups in total. The van der Waals surface area contributed by atoms with E-state index in [1.54, 1.807) is 19.4 Å². The molecule has 0 aliphatic rings. The average molecular weight is 244 g/mol. The van der Waals surface area contributed by atoms with Gasteiger partial charge in [-0.3, -0.25) is 4.79 Å². The van der Waals surface area contributed by atoms with E-state index in [2.05, 4.69) is 5.32 Å². The molecule has 18 heavy (non-hydrogen) atoms. The third kappa shape index (κ3) is 2.71. The molecular formula is C14H16N2O2. The van der Waals surface area contributed by atoms with Gasteiger partial charge in [-0.1, -0.05) is 18.2 Å². The largest absolute Gasteiger partial charge is 0.496 e. The molecule has 0 aliphatic heterocycles. The zero-order valence-corrected chi connectivity index (χ0v) is 10.5. The van der Waals surface area contributed by atoms with E-state index in [-0.39, 0.29) is 5.91 Å². The first-order valence-electron chi connectivity index (χ1n) is 5.73. The van der Waals surface area contributed by atoms with Crippen molar-refractivity contribution < 1.29 is 9.53 Å². The lowest BCUT2D eigenvalue weighted by Crippen LogP contribution is -2.22. The first kappa shape index (κ1) is 12.2. The SMILES string of the molecule is COc1ccccc1CNC(=O)c1ccn(C)c1. The van der Waals surface area contributed by atoms with E-state index < -0.39 is 0 Å². The van der Waals surface area contributed by atoms with Crippen LogP contribution in [-0.4, -0.2) is 17.6 Å². The van der Waals surface area contributed by atoms with Crippen LogP contribution in [0.3, 0.4) is 0 Å². The van der Waals surface area contributed by atoms with Gasteiger partial charge in [-0.25, -0.2) is 0 Å². The van der Waals surface area contributed by atoms with Gasteiger partial charge in [0.1, 0.15) is 5.75 Å². The van der Waals surface area contributed by atoms with Crippen molar-refractivity contribution in [3.05, 3.63) is 53.9 Å². The molecule has 0 saturated heterocycles. The molecule has 4 nitrogen and oxygen atoms in total. The zero-order chi connectivity index (χ0) is 13.0. The molecule has 0 spiro atoms. The Labute approximate surface area is 106 Å². The van der Waals surface area contributed by atoms with Crippen LogP contribution >= 0.6 is 0 Å². The second-order valence-corrected chi connectivity index (χ2v) is 4.06. The number of para-hydroxylation sites is 1. The molecule has 0 fully saturated rings. The van der Waals surface area contributed by atoms with Gasteiger partial charge in [-0.2, -0.15) is 0 Å². The molecule has 1 aromatic heterocycles. The highest BCUT2D eigenvalue weighted by Gasteiger charge is 2.07. The molecule has 2 rings (SSSR count). The summed E-state index contributed by atoms with van der Waals surface area (Å²) in [5.74, 6) is 0.701. The molecule has 0 unspecified atom stereocenters. The van der Waals surface area contributed by atoms with E-state index in [1.165, 1.54) is 0 Å². The molecule has 2 aromatic rings. The van der Waals surface area contributed by atoms with Crippen LogP contribution in [0, 0.1) is 0 Å². The van der Waals surface area contributed by atoms with Crippen LogP contribution in [-0.2, 0) is 13.6 Å². The first-order valence-corrected chi connectivity index (χ1v) is 5.73. The predicted molar refractivity (Wildman–Crippen MR) is 69.6 cm³/mol. The maximum absolute atomic E-state index is 11.9. The van der Waals surface area contributed by atoms with E-state index in [4.69, 9.17) is 4.74 Å². The molecule has 1 heterocycles. The van der Waals surface area contributed by atoms with Crippen molar-refractivity contribution in [3.63, 3.8) is 0 Å². The maximum atomic E-state index is 11.9. The first-order chi connectivity index (χ1) is 8.70. The fraction of sp³-hybridized carbons (Fsp3) is 0.214. The summed E-state index contributed by atoms with van der Waals surface area (Å²) in [6.45, 7) is 0.456. The normalized spacial score (nSPS) is 10.1. The van der Waals surface area contributed by atoms with Crippen molar-refractivity contribution in [2.75, 3.05) is 7.11 Å². The lowest BCUT2D eigenvalue weighted by Gasteiger charge is -2.08. The molecule has 1 aromatic carbocycles. The number of hydrogen-bond donors (Lipinski definition) is 1. The highest BCUT2D eigenvalue weighted by molar-refractivity contribution is 5.93. The Hall–Kier alpha value is -2.23. The van der Waals surface area contributed by atoms with Crippen LogP contribution in [0.4, 0.5) is 0 Å². The minimum absolute atomic E-state index is 0.0819. The monoisotopic (exact) mass is 244 g/mol. The van der Waals surface area contributed by atoms with Crippen LogP contribution in [0.1, 0.15) is 15.9 Å². The highest BCUT2D eigenvalue weighted by Crippen LogP contribution is 2.16. The Morgan fingerprint density at radius 1 is 1.33 bits per heavy atom. The van der Waals surface area contributed by atoms with Crippen molar-refractivity contribution in [2.45, 2.75) is 6.54 Å². The third-order valence-electron chi connectivity index (χ3n) is 2.73. The molecule has 0 bridgehead atoms. The second-order valence-electron chi connectivity index (χ2n) is 4.06. The fourth-order valence-corrected chi connectivity index (χ4v) is 1.76. The molecule has 0 atom stereocenters. The third-order valence-corrected chi connectivity index (χ3v) is 2.73. The molecule has 0 radical (unpaired) electrons. The van der Waals surface area contributed by atoms with Gasteiger partial charge in [-0.05, 0) is 12.1 Å². The molecule has 4 heteroatoms. The van der Waals surface area contributed by atoms with Gasteiger partial charge >= 0.3 is 0 Å². The molecule has 1 amide bonds. The lowest BCUT2D eigenvalue weighted by molar-refractivity contribution is 0.0950. The van der Waals surface area contributed by atoms with Gasteiger partial charge in [0.15, 0.2) is 0 Å². The summed E-state index contributed by atoms with van der Waals surface area (Å²) in [5, 5.41) is 2.87. The van der Waals surface area contributed by atoms with Crippen molar-refractivity contribution >= 4 is 5.91 Å². The van der Waals surface area contributed by atoms with Gasteiger partial charge in [0.05, 0.1) is 12.7 Å². The molecule has 0 aliphatic carbocycles. The van der Waals surface area contributed by atoms with E-state index in [0.717, 1.165) is 11.3 Å². The summed E-state index contributed by atoms with van der Waals surface area (Å²) in [5.41, 5.74) is 1.62. The zero-order valence-electron chi connectivity index (χ0n) is 10.5. The summed E-state index contributed by atoms with van der Waals surface area (Å²) in [4.78, 5) is 11.9. The number of methoxy groups -OCH3 is 1. The van der Waals surface area contributed by atoms with Gasteiger partial charge in [-0.15, -0.1) is 0 Å². The number of aromatic nitrogens is 1. The Balaban J connectivity index is 2.01. The number of carbonyl (C=O) groups is 1. The van der Waals surface area contributed by atoms with Crippen molar-refractivity contribution in [3.8, 4) is 5.75 Å². The predicted octanol–water partition coefficient (Wildman–Crippen LogP) is 1.96. The van der Waals surface area contributed by atoms with Crippen LogP contribution < -0.4 is 10.1 Å². The van der Waals surface area contributed by atoms with Crippen LogP contribution in [0.2, 0.25) is 0 Å². The van der Waals surface area contributed by atoms with Crippen molar-refractivity contribution in [1.29, 1.82) is 0 Å². The minimum atomic E-state index is -0.0819. The number of ether oxygens (including phenoxy) is 1. The lowest BCUT2D eigenvalue weighted by atomic mass is 10.2. The summed E-state index contributed by atoms with van der Waals surface area (Å²) < 4.78 is 7.08. The highest BCUT2D eigenvalue weighted by atomic mass is 16.5. The summed E-state index contributed by atoms with van der Waals surface area (Å²) >= 11 is 0. The van der Waals surface area contributed by atoms with E-state index in [1.807, 2.05) is 42.1 Å². The number of carbonyl (C=O) groups excluding carboxylic acids is 1. The van der Waals surface area contributed by atoms with Gasteiger partial charge in [0.2, 0.25) is 0 Å². The van der Waals surface area contributed by atoms with Gasteiger partial charge < -0.3 is 14.6 Å². The maximum Gasteiger partial charge on any atom is 0.253 e. The van der Waals surface area contributed by atoms with Gasteiger partial charge in [0.25, 0.3) is 5.91 Å². The number of rotatable bonds is 4. The van der Waals surface area contributed by atoms with Gasteiger partial charge in [0, 0.05) is 31.5 Å². The number of hydrogen-bond acceptors (Lipinski definition) is 2. The van der Waals surface area contributed by atoms with Crippen LogP contribution in [0.15, 0.2) is 42.7 Å². The Kier molecular flexibility index (Phi) is 3.67. The topological polar surface area (TPSA) is 43.3 Å². The van der Waals surface area contributed by atoms with E-state index in [0.29, 0.717) is 12.1 Å². The molecular weight excluding hydrogens is 228 g/mol. The number of amides is 1. The van der Waals surface area contributed by atoms with Crippen molar-refractivity contribution in [1.82, 2.24) is 9.88 Å². The average Bonchev–Trinajstić information content (AvgIpc) is 2.83. The van der Waals surface area contributed by atoms with Crippen LogP contribution in [0.25, 0.3) is 0 Å². The van der Waals surface area contributed by atoms with Crippen LogP contribution in [0.5, 0.6) is 5.75 Å². The number of aryl methyl sites for hydroxylation is 1. The Morgan fingerprint density at radius 2 is 2.11 bits per heavy atom. The summed E-state index contributed by atoms with van der Waals surface area (Å²) in [6.07, 6.45) is 3.63. The Morgan fingerprint density at radius 3 is 2.78 bits per heavy atom. The summed E-state index contributed by atoms with van der Waals surface area (Å²) in [6, 6.07) is 9.43.